The zero-order valence-electron chi connectivity index (χ0n) is 12.1. The van der Waals surface area contributed by atoms with Crippen LogP contribution in [-0.4, -0.2) is 10.6 Å². The van der Waals surface area contributed by atoms with Gasteiger partial charge in [0.2, 0.25) is 0 Å². The van der Waals surface area contributed by atoms with Gasteiger partial charge in [0.15, 0.2) is 0 Å². The van der Waals surface area contributed by atoms with E-state index < -0.39 is 0 Å². The van der Waals surface area contributed by atoms with Gasteiger partial charge >= 0.3 is 0 Å². The van der Waals surface area contributed by atoms with Crippen molar-refractivity contribution in [2.45, 2.75) is 38.4 Å². The van der Waals surface area contributed by atoms with E-state index in [2.05, 4.69) is 57.9 Å². The molecule has 0 unspecified atom stereocenters. The van der Waals surface area contributed by atoms with Crippen molar-refractivity contribution in [3.05, 3.63) is 58.4 Å². The van der Waals surface area contributed by atoms with E-state index in [0.717, 1.165) is 25.6 Å². The van der Waals surface area contributed by atoms with Gasteiger partial charge in [-0.1, -0.05) is 24.3 Å². The van der Waals surface area contributed by atoms with Crippen LogP contribution in [0.1, 0.15) is 23.3 Å². The van der Waals surface area contributed by atoms with Crippen molar-refractivity contribution in [1.82, 2.24) is 9.88 Å². The number of nitrogens with one attached hydrogen (secondary N) is 1. The third kappa shape index (κ3) is 2.89. The third-order valence-electron chi connectivity index (χ3n) is 4.21. The summed E-state index contributed by atoms with van der Waals surface area (Å²) < 4.78 is 2.42. The molecule has 3 heteroatoms. The molecular weight excluding hydrogens is 276 g/mol. The summed E-state index contributed by atoms with van der Waals surface area (Å²) in [5.74, 6) is 0. The maximum Gasteiger partial charge on any atom is 0.0483 e. The molecule has 1 N–H and O–H groups in total. The highest BCUT2D eigenvalue weighted by molar-refractivity contribution is 7.09. The maximum absolute atomic E-state index is 3.64. The Labute approximate surface area is 129 Å². The minimum atomic E-state index is 0.762. The van der Waals surface area contributed by atoms with Gasteiger partial charge in [0.1, 0.15) is 0 Å². The second-order valence-electron chi connectivity index (χ2n) is 5.85. The number of hydrogen-bond donors (Lipinski definition) is 1. The van der Waals surface area contributed by atoms with Crippen LogP contribution < -0.4 is 5.32 Å². The van der Waals surface area contributed by atoms with Gasteiger partial charge < -0.3 is 9.88 Å². The molecule has 3 aromatic rings. The summed E-state index contributed by atoms with van der Waals surface area (Å²) in [6.07, 6.45) is 6.15. The van der Waals surface area contributed by atoms with Crippen LogP contribution in [0.5, 0.6) is 0 Å². The average molecular weight is 296 g/mol. The Bertz CT molecular complexity index is 723. The topological polar surface area (TPSA) is 17.0 Å². The lowest BCUT2D eigenvalue weighted by Crippen LogP contribution is -2.14. The molecule has 1 fully saturated rings. The number of benzene rings is 1. The van der Waals surface area contributed by atoms with Crippen LogP contribution in [0.4, 0.5) is 0 Å². The summed E-state index contributed by atoms with van der Waals surface area (Å²) in [7, 11) is 0. The fourth-order valence-corrected chi connectivity index (χ4v) is 3.57. The lowest BCUT2D eigenvalue weighted by molar-refractivity contribution is 0.680. The molecule has 0 bridgehead atoms. The minimum Gasteiger partial charge on any atom is -0.347 e. The molecule has 1 aromatic carbocycles. The predicted molar refractivity (Wildman–Crippen MR) is 89.8 cm³/mol. The molecule has 2 heterocycles. The van der Waals surface area contributed by atoms with Crippen LogP contribution in [0, 0.1) is 0 Å². The fraction of sp³-hybridized carbons (Fsp3) is 0.333. The van der Waals surface area contributed by atoms with E-state index in [-0.39, 0.29) is 0 Å². The molecule has 1 saturated carbocycles. The number of rotatable bonds is 6. The van der Waals surface area contributed by atoms with Gasteiger partial charge in [-0.3, -0.25) is 0 Å². The van der Waals surface area contributed by atoms with Crippen LogP contribution in [-0.2, 0) is 19.5 Å². The number of aromatic nitrogens is 1. The van der Waals surface area contributed by atoms with E-state index in [1.54, 1.807) is 0 Å². The highest BCUT2D eigenvalue weighted by Crippen LogP contribution is 2.24. The van der Waals surface area contributed by atoms with E-state index >= 15 is 0 Å². The summed E-state index contributed by atoms with van der Waals surface area (Å²) in [5.41, 5.74) is 2.80. The number of aryl methyl sites for hydroxylation is 2. The molecule has 108 valence electrons. The Balaban J connectivity index is 1.58. The van der Waals surface area contributed by atoms with Crippen molar-refractivity contribution in [2.24, 2.45) is 0 Å². The van der Waals surface area contributed by atoms with Gasteiger partial charge in [0, 0.05) is 41.1 Å². The van der Waals surface area contributed by atoms with Gasteiger partial charge in [-0.2, -0.15) is 0 Å². The van der Waals surface area contributed by atoms with Crippen LogP contribution in [0.25, 0.3) is 10.9 Å². The Morgan fingerprint density at radius 3 is 2.86 bits per heavy atom. The molecule has 0 amide bonds. The number of para-hydroxylation sites is 1. The molecule has 0 atom stereocenters. The van der Waals surface area contributed by atoms with Crippen molar-refractivity contribution in [2.75, 3.05) is 0 Å². The summed E-state index contributed by atoms with van der Waals surface area (Å²) in [4.78, 5) is 1.46. The fourth-order valence-electron chi connectivity index (χ4n) is 2.88. The van der Waals surface area contributed by atoms with Crippen LogP contribution in [0.15, 0.2) is 48.0 Å². The molecule has 21 heavy (non-hydrogen) atoms. The first kappa shape index (κ1) is 13.1. The molecule has 0 spiro atoms. The van der Waals surface area contributed by atoms with Gasteiger partial charge in [0.25, 0.3) is 0 Å². The molecule has 0 aliphatic heterocycles. The summed E-state index contributed by atoms with van der Waals surface area (Å²) >= 11 is 1.85. The molecule has 1 aliphatic rings. The lowest BCUT2D eigenvalue weighted by atomic mass is 10.2. The smallest absolute Gasteiger partial charge is 0.0483 e. The van der Waals surface area contributed by atoms with Crippen molar-refractivity contribution < 1.29 is 0 Å². The second-order valence-corrected chi connectivity index (χ2v) is 6.88. The van der Waals surface area contributed by atoms with E-state index in [0.29, 0.717) is 0 Å². The van der Waals surface area contributed by atoms with E-state index in [1.165, 1.54) is 34.2 Å². The van der Waals surface area contributed by atoms with Gasteiger partial charge in [-0.05, 0) is 42.3 Å². The molecule has 1 aliphatic carbocycles. The normalized spacial score (nSPS) is 14.9. The standard InChI is InChI=1S/C18H20N2S/c1-2-6-18-17(5-1)14(12-19-15-7-8-15)13-20(18)10-9-16-4-3-11-21-16/h1-6,11,13,15,19H,7-10,12H2. The Morgan fingerprint density at radius 2 is 2.05 bits per heavy atom. The van der Waals surface area contributed by atoms with Crippen molar-refractivity contribution in [3.63, 3.8) is 0 Å². The first-order valence-corrected chi connectivity index (χ1v) is 8.60. The first-order valence-electron chi connectivity index (χ1n) is 7.73. The average Bonchev–Trinajstić information content (AvgIpc) is 3.08. The van der Waals surface area contributed by atoms with E-state index in [4.69, 9.17) is 0 Å². The third-order valence-corrected chi connectivity index (χ3v) is 5.15. The van der Waals surface area contributed by atoms with Gasteiger partial charge in [0.05, 0.1) is 0 Å². The SMILES string of the molecule is c1csc(CCn2cc(CNC3CC3)c3ccccc32)c1. The largest absolute Gasteiger partial charge is 0.347 e. The predicted octanol–water partition coefficient (Wildman–Crippen LogP) is 4.20. The summed E-state index contributed by atoms with van der Waals surface area (Å²) in [5, 5.41) is 7.20. The molecule has 2 aromatic heterocycles. The lowest BCUT2D eigenvalue weighted by Gasteiger charge is -2.03. The number of fused-ring (bicyclic) bond motifs is 1. The molecule has 0 saturated heterocycles. The summed E-state index contributed by atoms with van der Waals surface area (Å²) in [6, 6.07) is 13.9. The quantitative estimate of drug-likeness (QED) is 0.721. The molecule has 2 nitrogen and oxygen atoms in total. The Morgan fingerprint density at radius 1 is 1.14 bits per heavy atom. The van der Waals surface area contributed by atoms with Crippen molar-refractivity contribution >= 4 is 22.2 Å². The van der Waals surface area contributed by atoms with E-state index in [1.807, 2.05) is 11.3 Å². The van der Waals surface area contributed by atoms with E-state index in [9.17, 15) is 0 Å². The zero-order chi connectivity index (χ0) is 14.1. The van der Waals surface area contributed by atoms with Crippen LogP contribution in [0.3, 0.4) is 0 Å². The number of nitrogens with zero attached hydrogens (tertiary/aromatic N) is 1. The minimum absolute atomic E-state index is 0.762. The Kier molecular flexibility index (Phi) is 3.53. The van der Waals surface area contributed by atoms with Gasteiger partial charge in [-0.15, -0.1) is 11.3 Å². The van der Waals surface area contributed by atoms with Crippen LogP contribution >= 0.6 is 11.3 Å². The van der Waals surface area contributed by atoms with Crippen molar-refractivity contribution in [3.8, 4) is 0 Å². The zero-order valence-corrected chi connectivity index (χ0v) is 12.9. The first-order chi connectivity index (χ1) is 10.4. The number of hydrogen-bond acceptors (Lipinski definition) is 2. The molecular formula is C18H20N2S. The van der Waals surface area contributed by atoms with Crippen molar-refractivity contribution in [1.29, 1.82) is 0 Å². The van der Waals surface area contributed by atoms with Crippen LogP contribution in [0.2, 0.25) is 0 Å². The highest BCUT2D eigenvalue weighted by atomic mass is 32.1. The highest BCUT2D eigenvalue weighted by Gasteiger charge is 2.20. The molecule has 0 radical (unpaired) electrons. The number of thiophene rings is 1. The maximum atomic E-state index is 3.64. The van der Waals surface area contributed by atoms with Gasteiger partial charge in [-0.25, -0.2) is 0 Å². The monoisotopic (exact) mass is 296 g/mol. The molecule has 4 rings (SSSR count). The second kappa shape index (κ2) is 5.66. The summed E-state index contributed by atoms with van der Waals surface area (Å²) in [6.45, 7) is 2.06. The Hall–Kier alpha value is -1.58.